The van der Waals surface area contributed by atoms with Crippen molar-refractivity contribution in [2.75, 3.05) is 5.32 Å². The lowest BCUT2D eigenvalue weighted by Gasteiger charge is -2.06. The summed E-state index contributed by atoms with van der Waals surface area (Å²) in [6.45, 7) is 4.64. The Bertz CT molecular complexity index is 864. The van der Waals surface area contributed by atoms with Gasteiger partial charge in [-0.3, -0.25) is 14.8 Å². The number of anilines is 1. The molecule has 1 N–H and O–H groups in total. The van der Waals surface area contributed by atoms with Gasteiger partial charge in [-0.2, -0.15) is 5.10 Å². The average Bonchev–Trinajstić information content (AvgIpc) is 2.99. The molecule has 0 saturated carbocycles. The van der Waals surface area contributed by atoms with Gasteiger partial charge in [-0.25, -0.2) is 4.98 Å². The Labute approximate surface area is 136 Å². The zero-order valence-corrected chi connectivity index (χ0v) is 14.2. The van der Waals surface area contributed by atoms with E-state index in [1.807, 2.05) is 42.7 Å². The molecule has 3 rings (SSSR count). The maximum atomic E-state index is 12.5. The van der Waals surface area contributed by atoms with Gasteiger partial charge in [0, 0.05) is 13.6 Å². The Hall–Kier alpha value is -2.15. The summed E-state index contributed by atoms with van der Waals surface area (Å²) in [5.41, 5.74) is 3.11. The lowest BCUT2D eigenvalue weighted by atomic mass is 10.3. The van der Waals surface area contributed by atoms with Crippen molar-refractivity contribution in [1.82, 2.24) is 19.3 Å². The molecule has 0 unspecified atom stereocenters. The highest BCUT2D eigenvalue weighted by molar-refractivity contribution is 9.10. The van der Waals surface area contributed by atoms with E-state index < -0.39 is 0 Å². The monoisotopic (exact) mass is 361 g/mol. The Morgan fingerprint density at radius 1 is 1.36 bits per heavy atom. The van der Waals surface area contributed by atoms with E-state index in [1.54, 1.807) is 11.7 Å². The molecule has 1 aromatic carbocycles. The molecule has 0 aliphatic carbocycles. The molecule has 2 aromatic heterocycles. The molecule has 0 spiro atoms. The summed E-state index contributed by atoms with van der Waals surface area (Å²) in [6, 6.07) is 7.81. The number of carbonyl (C=O) groups excluding carboxylic acids is 1. The molecule has 0 atom stereocenters. The number of imidazole rings is 1. The van der Waals surface area contributed by atoms with Gasteiger partial charge in [0.05, 0.1) is 21.2 Å². The molecule has 0 fully saturated rings. The Morgan fingerprint density at radius 3 is 2.73 bits per heavy atom. The highest BCUT2D eigenvalue weighted by atomic mass is 79.9. The van der Waals surface area contributed by atoms with Crippen molar-refractivity contribution in [3.63, 3.8) is 0 Å². The van der Waals surface area contributed by atoms with Gasteiger partial charge in [0.2, 0.25) is 5.95 Å². The number of nitrogens with zero attached hydrogens (tertiary/aromatic N) is 4. The van der Waals surface area contributed by atoms with Crippen LogP contribution in [0.2, 0.25) is 0 Å². The van der Waals surface area contributed by atoms with E-state index in [-0.39, 0.29) is 5.91 Å². The second kappa shape index (κ2) is 5.57. The number of para-hydroxylation sites is 2. The number of aryl methyl sites for hydroxylation is 2. The van der Waals surface area contributed by atoms with Crippen LogP contribution in [0.5, 0.6) is 0 Å². The van der Waals surface area contributed by atoms with Crippen molar-refractivity contribution in [3.05, 3.63) is 40.1 Å². The van der Waals surface area contributed by atoms with Crippen LogP contribution < -0.4 is 5.32 Å². The average molecular weight is 362 g/mol. The molecular weight excluding hydrogens is 346 g/mol. The second-order valence-electron chi connectivity index (χ2n) is 4.99. The minimum Gasteiger partial charge on any atom is -0.310 e. The number of benzene rings is 1. The van der Waals surface area contributed by atoms with Gasteiger partial charge in [-0.05, 0) is 41.9 Å². The van der Waals surface area contributed by atoms with Gasteiger partial charge < -0.3 is 4.57 Å². The van der Waals surface area contributed by atoms with Crippen molar-refractivity contribution >= 4 is 38.8 Å². The summed E-state index contributed by atoms with van der Waals surface area (Å²) >= 11 is 3.41. The molecule has 0 radical (unpaired) electrons. The Balaban J connectivity index is 1.99. The SMILES string of the molecule is CCn1c(NC(=O)c2nn(C)c(C)c2Br)nc2ccccc21. The Morgan fingerprint density at radius 2 is 2.09 bits per heavy atom. The first-order valence-corrected chi connectivity index (χ1v) is 7.78. The van der Waals surface area contributed by atoms with Crippen LogP contribution in [-0.2, 0) is 13.6 Å². The molecule has 6 nitrogen and oxygen atoms in total. The van der Waals surface area contributed by atoms with Crippen LogP contribution in [0.25, 0.3) is 11.0 Å². The molecule has 0 aliphatic rings. The van der Waals surface area contributed by atoms with Crippen LogP contribution in [0.15, 0.2) is 28.7 Å². The molecule has 3 aromatic rings. The molecular formula is C15H16BrN5O. The molecule has 22 heavy (non-hydrogen) atoms. The fourth-order valence-electron chi connectivity index (χ4n) is 2.38. The number of amides is 1. The maximum Gasteiger partial charge on any atom is 0.279 e. The minimum atomic E-state index is -0.277. The van der Waals surface area contributed by atoms with Gasteiger partial charge in [-0.15, -0.1) is 0 Å². The predicted molar refractivity (Wildman–Crippen MR) is 89.0 cm³/mol. The van der Waals surface area contributed by atoms with E-state index in [2.05, 4.69) is 31.3 Å². The van der Waals surface area contributed by atoms with Crippen molar-refractivity contribution in [3.8, 4) is 0 Å². The quantitative estimate of drug-likeness (QED) is 0.779. The molecule has 1 amide bonds. The van der Waals surface area contributed by atoms with E-state index >= 15 is 0 Å². The summed E-state index contributed by atoms with van der Waals surface area (Å²) in [7, 11) is 1.80. The number of hydrogen-bond donors (Lipinski definition) is 1. The third-order valence-electron chi connectivity index (χ3n) is 3.67. The van der Waals surface area contributed by atoms with Crippen LogP contribution in [0.3, 0.4) is 0 Å². The van der Waals surface area contributed by atoms with Crippen LogP contribution in [-0.4, -0.2) is 25.2 Å². The lowest BCUT2D eigenvalue weighted by molar-refractivity contribution is 0.101. The van der Waals surface area contributed by atoms with Gasteiger partial charge in [-0.1, -0.05) is 12.1 Å². The summed E-state index contributed by atoms with van der Waals surface area (Å²) in [5.74, 6) is 0.254. The molecule has 0 saturated heterocycles. The summed E-state index contributed by atoms with van der Waals surface area (Å²) in [6.07, 6.45) is 0. The van der Waals surface area contributed by atoms with E-state index in [0.717, 1.165) is 23.3 Å². The number of fused-ring (bicyclic) bond motifs is 1. The van der Waals surface area contributed by atoms with Crippen molar-refractivity contribution in [1.29, 1.82) is 0 Å². The van der Waals surface area contributed by atoms with Gasteiger partial charge in [0.25, 0.3) is 5.91 Å². The first kappa shape index (κ1) is 14.8. The zero-order valence-electron chi connectivity index (χ0n) is 12.6. The van der Waals surface area contributed by atoms with Gasteiger partial charge in [0.15, 0.2) is 5.69 Å². The third-order valence-corrected chi connectivity index (χ3v) is 4.62. The van der Waals surface area contributed by atoms with Crippen LogP contribution >= 0.6 is 15.9 Å². The predicted octanol–water partition coefficient (Wildman–Crippen LogP) is 3.11. The van der Waals surface area contributed by atoms with E-state index in [0.29, 0.717) is 16.1 Å². The number of aromatic nitrogens is 4. The molecule has 114 valence electrons. The number of hydrogen-bond acceptors (Lipinski definition) is 3. The zero-order chi connectivity index (χ0) is 15.9. The van der Waals surface area contributed by atoms with E-state index in [1.165, 1.54) is 0 Å². The number of nitrogens with one attached hydrogen (secondary N) is 1. The summed E-state index contributed by atoms with van der Waals surface area (Å²) < 4.78 is 4.34. The molecule has 7 heteroatoms. The number of halogens is 1. The number of rotatable bonds is 3. The van der Waals surface area contributed by atoms with Crippen molar-refractivity contribution in [2.45, 2.75) is 20.4 Å². The minimum absolute atomic E-state index is 0.277. The molecule has 2 heterocycles. The van der Waals surface area contributed by atoms with Crippen LogP contribution in [0.1, 0.15) is 23.1 Å². The summed E-state index contributed by atoms with van der Waals surface area (Å²) in [5, 5.41) is 7.09. The first-order chi connectivity index (χ1) is 10.5. The highest BCUT2D eigenvalue weighted by Gasteiger charge is 2.20. The smallest absolute Gasteiger partial charge is 0.279 e. The van der Waals surface area contributed by atoms with Crippen molar-refractivity contribution < 1.29 is 4.79 Å². The largest absolute Gasteiger partial charge is 0.310 e. The van der Waals surface area contributed by atoms with Crippen LogP contribution in [0, 0.1) is 6.92 Å². The third kappa shape index (κ3) is 2.31. The fraction of sp³-hybridized carbons (Fsp3) is 0.267. The Kier molecular flexibility index (Phi) is 3.74. The van der Waals surface area contributed by atoms with E-state index in [9.17, 15) is 4.79 Å². The normalized spacial score (nSPS) is 11.1. The number of carbonyl (C=O) groups is 1. The van der Waals surface area contributed by atoms with Crippen molar-refractivity contribution in [2.24, 2.45) is 7.05 Å². The molecule has 0 bridgehead atoms. The van der Waals surface area contributed by atoms with E-state index in [4.69, 9.17) is 0 Å². The standard InChI is InChI=1S/C15H16BrN5O/c1-4-21-11-8-6-5-7-10(11)17-15(21)18-14(22)13-12(16)9(2)20(3)19-13/h5-8H,4H2,1-3H3,(H,17,18,22). The maximum absolute atomic E-state index is 12.5. The second-order valence-corrected chi connectivity index (χ2v) is 5.79. The summed E-state index contributed by atoms with van der Waals surface area (Å²) in [4.78, 5) is 17.0. The molecule has 0 aliphatic heterocycles. The van der Waals surface area contributed by atoms with Gasteiger partial charge in [0.1, 0.15) is 0 Å². The fourth-order valence-corrected chi connectivity index (χ4v) is 2.90. The first-order valence-electron chi connectivity index (χ1n) is 6.98. The van der Waals surface area contributed by atoms with Gasteiger partial charge >= 0.3 is 0 Å². The topological polar surface area (TPSA) is 64.7 Å². The lowest BCUT2D eigenvalue weighted by Crippen LogP contribution is -2.17. The highest BCUT2D eigenvalue weighted by Crippen LogP contribution is 2.23. The van der Waals surface area contributed by atoms with Crippen LogP contribution in [0.4, 0.5) is 5.95 Å².